The molecule has 23 heavy (non-hydrogen) atoms. The molecule has 0 atom stereocenters. The van der Waals surface area contributed by atoms with E-state index in [1.165, 1.54) is 5.56 Å². The zero-order valence-corrected chi connectivity index (χ0v) is 13.0. The molecular formula is C19H21NO3. The van der Waals surface area contributed by atoms with Gasteiger partial charge in [-0.05, 0) is 30.4 Å². The van der Waals surface area contributed by atoms with Gasteiger partial charge in [-0.2, -0.15) is 0 Å². The predicted octanol–water partition coefficient (Wildman–Crippen LogP) is 3.97. The van der Waals surface area contributed by atoms with Crippen LogP contribution in [-0.4, -0.2) is 16.9 Å². The molecule has 0 saturated carbocycles. The largest absolute Gasteiger partial charge is 0.456 e. The number of unbranched alkanes of at least 4 members (excludes halogenated alkanes) is 1. The number of rotatable bonds is 8. The highest BCUT2D eigenvalue weighted by Gasteiger charge is 2.13. The number of esters is 1. The molecule has 0 amide bonds. The lowest BCUT2D eigenvalue weighted by Crippen LogP contribution is -2.17. The molecule has 4 nitrogen and oxygen atoms in total. The van der Waals surface area contributed by atoms with Gasteiger partial charge in [0, 0.05) is 6.42 Å². The number of benzene rings is 2. The van der Waals surface area contributed by atoms with Crippen molar-refractivity contribution in [2.75, 3.05) is 0 Å². The van der Waals surface area contributed by atoms with Gasteiger partial charge >= 0.3 is 5.97 Å². The quantitative estimate of drug-likeness (QED) is 0.264. The number of carbonyl (C=O) groups excluding carboxylic acids is 1. The Morgan fingerprint density at radius 3 is 2.13 bits per heavy atom. The third-order valence-electron chi connectivity index (χ3n) is 3.54. The fraction of sp³-hybridized carbons (Fsp3) is 0.263. The van der Waals surface area contributed by atoms with E-state index in [1.54, 1.807) is 0 Å². The maximum atomic E-state index is 11.9. The predicted molar refractivity (Wildman–Crippen MR) is 89.5 cm³/mol. The first kappa shape index (κ1) is 16.7. The van der Waals surface area contributed by atoms with Gasteiger partial charge in [0.2, 0.25) is 0 Å². The topological polar surface area (TPSA) is 58.9 Å². The number of nitrogens with zero attached hydrogens (tertiary/aromatic N) is 1. The summed E-state index contributed by atoms with van der Waals surface area (Å²) in [5.74, 6) is -0.559. The Bertz CT molecular complexity index is 624. The summed E-state index contributed by atoms with van der Waals surface area (Å²) in [5, 5.41) is 12.1. The van der Waals surface area contributed by atoms with Crippen LogP contribution in [0.1, 0.15) is 30.4 Å². The SMILES string of the molecule is O=C(OCc1ccccc1)C(CCCCc1ccccc1)=NO. The first-order chi connectivity index (χ1) is 11.3. The molecule has 0 bridgehead atoms. The molecule has 2 aromatic carbocycles. The van der Waals surface area contributed by atoms with Gasteiger partial charge in [0.25, 0.3) is 0 Å². The number of aryl methyl sites for hydroxylation is 1. The molecule has 0 saturated heterocycles. The van der Waals surface area contributed by atoms with E-state index < -0.39 is 5.97 Å². The Balaban J connectivity index is 1.71. The molecule has 0 fully saturated rings. The highest BCUT2D eigenvalue weighted by atomic mass is 16.5. The van der Waals surface area contributed by atoms with Gasteiger partial charge < -0.3 is 9.94 Å². The average molecular weight is 311 g/mol. The van der Waals surface area contributed by atoms with Crippen molar-refractivity contribution in [3.05, 3.63) is 71.8 Å². The van der Waals surface area contributed by atoms with Crippen LogP contribution in [0.25, 0.3) is 0 Å². The summed E-state index contributed by atoms with van der Waals surface area (Å²) in [4.78, 5) is 11.9. The second-order valence-corrected chi connectivity index (χ2v) is 5.30. The molecule has 0 heterocycles. The Morgan fingerprint density at radius 2 is 1.52 bits per heavy atom. The average Bonchev–Trinajstić information content (AvgIpc) is 2.61. The number of oxime groups is 1. The number of carbonyl (C=O) groups is 1. The lowest BCUT2D eigenvalue weighted by molar-refractivity contribution is -0.137. The van der Waals surface area contributed by atoms with E-state index in [9.17, 15) is 4.79 Å². The standard InChI is InChI=1S/C19H21NO3/c21-19(23-15-17-12-5-2-6-13-17)18(20-22)14-8-7-11-16-9-3-1-4-10-16/h1-6,9-10,12-13,22H,7-8,11,14-15H2. The van der Waals surface area contributed by atoms with Gasteiger partial charge in [-0.1, -0.05) is 65.8 Å². The molecule has 0 aliphatic heterocycles. The van der Waals surface area contributed by atoms with Gasteiger partial charge in [0.05, 0.1) is 0 Å². The number of hydrogen-bond donors (Lipinski definition) is 1. The molecular weight excluding hydrogens is 290 g/mol. The molecule has 1 N–H and O–H groups in total. The molecule has 0 unspecified atom stereocenters. The van der Waals surface area contributed by atoms with Crippen molar-refractivity contribution < 1.29 is 14.7 Å². The van der Waals surface area contributed by atoms with Crippen molar-refractivity contribution in [1.29, 1.82) is 0 Å². The Labute approximate surface area is 136 Å². The number of hydrogen-bond acceptors (Lipinski definition) is 4. The van der Waals surface area contributed by atoms with Crippen molar-refractivity contribution in [3.63, 3.8) is 0 Å². The van der Waals surface area contributed by atoms with E-state index >= 15 is 0 Å². The van der Waals surface area contributed by atoms with Gasteiger partial charge in [-0.3, -0.25) is 0 Å². The summed E-state index contributed by atoms with van der Waals surface area (Å²) < 4.78 is 5.17. The van der Waals surface area contributed by atoms with Crippen LogP contribution in [0.4, 0.5) is 0 Å². The zero-order chi connectivity index (χ0) is 16.3. The lowest BCUT2D eigenvalue weighted by Gasteiger charge is -2.06. The molecule has 120 valence electrons. The monoisotopic (exact) mass is 311 g/mol. The lowest BCUT2D eigenvalue weighted by atomic mass is 10.1. The van der Waals surface area contributed by atoms with E-state index in [2.05, 4.69) is 17.3 Å². The summed E-state index contributed by atoms with van der Waals surface area (Å²) in [7, 11) is 0. The maximum Gasteiger partial charge on any atom is 0.356 e. The van der Waals surface area contributed by atoms with Crippen LogP contribution in [0.2, 0.25) is 0 Å². The molecule has 0 aliphatic carbocycles. The summed E-state index contributed by atoms with van der Waals surface area (Å²) in [5.41, 5.74) is 2.25. The molecule has 2 rings (SSSR count). The molecule has 0 aromatic heterocycles. The highest BCUT2D eigenvalue weighted by molar-refractivity contribution is 6.36. The van der Waals surface area contributed by atoms with Crippen molar-refractivity contribution in [3.8, 4) is 0 Å². The second kappa shape index (κ2) is 9.41. The normalized spacial score (nSPS) is 11.2. The summed E-state index contributed by atoms with van der Waals surface area (Å²) in [6.07, 6.45) is 3.05. The first-order valence-electron chi connectivity index (χ1n) is 7.75. The molecule has 0 aliphatic rings. The van der Waals surface area contributed by atoms with Crippen molar-refractivity contribution >= 4 is 11.7 Å². The van der Waals surface area contributed by atoms with E-state index in [4.69, 9.17) is 9.94 Å². The van der Waals surface area contributed by atoms with Crippen LogP contribution in [-0.2, 0) is 22.6 Å². The third-order valence-corrected chi connectivity index (χ3v) is 3.54. The highest BCUT2D eigenvalue weighted by Crippen LogP contribution is 2.08. The van der Waals surface area contributed by atoms with E-state index in [1.807, 2.05) is 48.5 Å². The minimum absolute atomic E-state index is 0.0778. The van der Waals surface area contributed by atoms with Gasteiger partial charge in [0.1, 0.15) is 6.61 Å². The Kier molecular flexibility index (Phi) is 6.85. The van der Waals surface area contributed by atoms with Crippen molar-refractivity contribution in [2.24, 2.45) is 5.16 Å². The molecule has 0 radical (unpaired) electrons. The van der Waals surface area contributed by atoms with Crippen LogP contribution >= 0.6 is 0 Å². The smallest absolute Gasteiger partial charge is 0.356 e. The molecule has 4 heteroatoms. The van der Waals surface area contributed by atoms with Crippen LogP contribution in [0.5, 0.6) is 0 Å². The van der Waals surface area contributed by atoms with E-state index in [0.29, 0.717) is 6.42 Å². The summed E-state index contributed by atoms with van der Waals surface area (Å²) in [6.45, 7) is 0.183. The van der Waals surface area contributed by atoms with Gasteiger partial charge in [0.15, 0.2) is 5.71 Å². The minimum Gasteiger partial charge on any atom is -0.456 e. The van der Waals surface area contributed by atoms with Crippen molar-refractivity contribution in [1.82, 2.24) is 0 Å². The fourth-order valence-corrected chi connectivity index (χ4v) is 2.27. The van der Waals surface area contributed by atoms with Gasteiger partial charge in [-0.25, -0.2) is 4.79 Å². The zero-order valence-electron chi connectivity index (χ0n) is 13.0. The Hall–Kier alpha value is -2.62. The molecule has 2 aromatic rings. The number of ether oxygens (including phenoxy) is 1. The molecule has 0 spiro atoms. The Morgan fingerprint density at radius 1 is 0.913 bits per heavy atom. The fourth-order valence-electron chi connectivity index (χ4n) is 2.27. The van der Waals surface area contributed by atoms with Crippen LogP contribution < -0.4 is 0 Å². The van der Waals surface area contributed by atoms with Gasteiger partial charge in [-0.15, -0.1) is 0 Å². The first-order valence-corrected chi connectivity index (χ1v) is 7.75. The van der Waals surface area contributed by atoms with Crippen LogP contribution in [0.3, 0.4) is 0 Å². The minimum atomic E-state index is -0.559. The van der Waals surface area contributed by atoms with E-state index in [-0.39, 0.29) is 12.3 Å². The summed E-state index contributed by atoms with van der Waals surface area (Å²) in [6, 6.07) is 19.6. The van der Waals surface area contributed by atoms with Crippen LogP contribution in [0.15, 0.2) is 65.8 Å². The van der Waals surface area contributed by atoms with E-state index in [0.717, 1.165) is 24.8 Å². The second-order valence-electron chi connectivity index (χ2n) is 5.30. The van der Waals surface area contributed by atoms with Crippen LogP contribution in [0, 0.1) is 0 Å². The van der Waals surface area contributed by atoms with Crippen molar-refractivity contribution in [2.45, 2.75) is 32.3 Å². The maximum absolute atomic E-state index is 11.9. The summed E-state index contributed by atoms with van der Waals surface area (Å²) >= 11 is 0. The third kappa shape index (κ3) is 5.94.